The highest BCUT2D eigenvalue weighted by Gasteiger charge is 2.24. The second-order valence-electron chi connectivity index (χ2n) is 6.13. The number of carbonyl (C=O) groups is 2. The molecule has 1 amide bonds. The zero-order valence-electron chi connectivity index (χ0n) is 14.4. The summed E-state index contributed by atoms with van der Waals surface area (Å²) in [6.07, 6.45) is 0. The zero-order chi connectivity index (χ0) is 18.8. The van der Waals surface area contributed by atoms with E-state index in [1.54, 1.807) is 55.6 Å². The predicted octanol–water partition coefficient (Wildman–Crippen LogP) is 2.40. The highest BCUT2D eigenvalue weighted by molar-refractivity contribution is 6.07. The van der Waals surface area contributed by atoms with Crippen molar-refractivity contribution in [2.75, 3.05) is 0 Å². The first kappa shape index (κ1) is 17.4. The molecule has 1 heterocycles. The molecule has 132 valence electrons. The molecular weight excluding hydrogens is 332 g/mol. The van der Waals surface area contributed by atoms with Gasteiger partial charge in [0.05, 0.1) is 11.1 Å². The van der Waals surface area contributed by atoms with Crippen LogP contribution in [0.3, 0.4) is 0 Å². The number of carboxylic acids is 1. The molecule has 3 aromatic rings. The number of nitrogens with one attached hydrogen (secondary N) is 1. The average molecular weight is 350 g/mol. The van der Waals surface area contributed by atoms with E-state index in [0.717, 1.165) is 5.56 Å². The third-order valence-corrected chi connectivity index (χ3v) is 4.33. The fourth-order valence-electron chi connectivity index (χ4n) is 2.85. The van der Waals surface area contributed by atoms with Crippen LogP contribution in [-0.4, -0.2) is 21.6 Å². The quantitative estimate of drug-likeness (QED) is 0.756. The molecule has 0 saturated heterocycles. The molecule has 0 spiro atoms. The van der Waals surface area contributed by atoms with Crippen molar-refractivity contribution < 1.29 is 14.7 Å². The topological polar surface area (TPSA) is 88.4 Å². The molecule has 3 rings (SSSR count). The Morgan fingerprint density at radius 3 is 2.38 bits per heavy atom. The second-order valence-corrected chi connectivity index (χ2v) is 6.13. The lowest BCUT2D eigenvalue weighted by Crippen LogP contribution is -2.34. The SMILES string of the molecule is Cc1ccc(C(NC(=O)c2cc(=O)n(C)c3ccccc23)C(=O)O)cc1. The van der Waals surface area contributed by atoms with Crippen LogP contribution in [0.2, 0.25) is 0 Å². The number of fused-ring (bicyclic) bond motifs is 1. The summed E-state index contributed by atoms with van der Waals surface area (Å²) >= 11 is 0. The summed E-state index contributed by atoms with van der Waals surface area (Å²) in [7, 11) is 1.62. The van der Waals surface area contributed by atoms with Gasteiger partial charge in [-0.25, -0.2) is 4.79 Å². The van der Waals surface area contributed by atoms with Crippen molar-refractivity contribution in [1.82, 2.24) is 9.88 Å². The van der Waals surface area contributed by atoms with Gasteiger partial charge in [0.25, 0.3) is 11.5 Å². The van der Waals surface area contributed by atoms with Gasteiger partial charge in [-0.2, -0.15) is 0 Å². The van der Waals surface area contributed by atoms with Gasteiger partial charge in [0.2, 0.25) is 0 Å². The summed E-state index contributed by atoms with van der Waals surface area (Å²) in [5, 5.41) is 12.6. The van der Waals surface area contributed by atoms with Crippen molar-refractivity contribution in [2.45, 2.75) is 13.0 Å². The number of aromatic nitrogens is 1. The van der Waals surface area contributed by atoms with Gasteiger partial charge in [-0.1, -0.05) is 48.0 Å². The predicted molar refractivity (Wildman–Crippen MR) is 98.2 cm³/mol. The van der Waals surface area contributed by atoms with Crippen LogP contribution in [-0.2, 0) is 11.8 Å². The summed E-state index contributed by atoms with van der Waals surface area (Å²) < 4.78 is 1.45. The van der Waals surface area contributed by atoms with Crippen LogP contribution in [0.4, 0.5) is 0 Å². The van der Waals surface area contributed by atoms with Crippen molar-refractivity contribution in [3.8, 4) is 0 Å². The minimum atomic E-state index is -1.20. The van der Waals surface area contributed by atoms with E-state index in [4.69, 9.17) is 0 Å². The lowest BCUT2D eigenvalue weighted by atomic mass is 10.0. The van der Waals surface area contributed by atoms with Crippen LogP contribution in [0, 0.1) is 6.92 Å². The maximum Gasteiger partial charge on any atom is 0.330 e. The number of aliphatic carboxylic acids is 1. The van der Waals surface area contributed by atoms with E-state index < -0.39 is 17.9 Å². The van der Waals surface area contributed by atoms with Crippen molar-refractivity contribution in [3.63, 3.8) is 0 Å². The van der Waals surface area contributed by atoms with Crippen LogP contribution in [0.5, 0.6) is 0 Å². The first-order chi connectivity index (χ1) is 12.4. The number of carbonyl (C=O) groups excluding carboxylic acids is 1. The number of rotatable bonds is 4. The molecule has 1 unspecified atom stereocenters. The van der Waals surface area contributed by atoms with Crippen LogP contribution in [0.1, 0.15) is 27.5 Å². The van der Waals surface area contributed by atoms with Crippen LogP contribution >= 0.6 is 0 Å². The average Bonchev–Trinajstić information content (AvgIpc) is 2.63. The smallest absolute Gasteiger partial charge is 0.330 e. The number of benzene rings is 2. The van der Waals surface area contributed by atoms with Gasteiger partial charge in [-0.05, 0) is 18.6 Å². The van der Waals surface area contributed by atoms with Gasteiger partial charge in [0.15, 0.2) is 6.04 Å². The zero-order valence-corrected chi connectivity index (χ0v) is 14.4. The van der Waals surface area contributed by atoms with E-state index in [2.05, 4.69) is 5.32 Å². The van der Waals surface area contributed by atoms with E-state index in [-0.39, 0.29) is 11.1 Å². The van der Waals surface area contributed by atoms with Gasteiger partial charge in [0, 0.05) is 18.5 Å². The largest absolute Gasteiger partial charge is 0.479 e. The van der Waals surface area contributed by atoms with Crippen LogP contribution in [0.25, 0.3) is 10.9 Å². The van der Waals surface area contributed by atoms with E-state index in [1.165, 1.54) is 10.6 Å². The molecule has 1 aromatic heterocycles. The summed E-state index contributed by atoms with van der Waals surface area (Å²) in [4.78, 5) is 36.6. The Labute approximate surface area is 149 Å². The van der Waals surface area contributed by atoms with Crippen molar-refractivity contribution in [3.05, 3.63) is 81.6 Å². The van der Waals surface area contributed by atoms with Gasteiger partial charge in [-0.3, -0.25) is 9.59 Å². The maximum absolute atomic E-state index is 12.8. The number of pyridine rings is 1. The van der Waals surface area contributed by atoms with Gasteiger partial charge >= 0.3 is 5.97 Å². The normalized spacial score (nSPS) is 11.9. The van der Waals surface area contributed by atoms with Gasteiger partial charge < -0.3 is 15.0 Å². The molecule has 2 N–H and O–H groups in total. The van der Waals surface area contributed by atoms with Gasteiger partial charge in [-0.15, -0.1) is 0 Å². The number of hydrogen-bond donors (Lipinski definition) is 2. The fourth-order valence-corrected chi connectivity index (χ4v) is 2.85. The summed E-state index contributed by atoms with van der Waals surface area (Å²) in [5.74, 6) is -1.78. The summed E-state index contributed by atoms with van der Waals surface area (Å²) in [6.45, 7) is 1.89. The minimum Gasteiger partial charge on any atom is -0.479 e. The third-order valence-electron chi connectivity index (χ3n) is 4.33. The lowest BCUT2D eigenvalue weighted by molar-refractivity contribution is -0.139. The molecule has 0 bridgehead atoms. The molecule has 0 aliphatic rings. The van der Waals surface area contributed by atoms with Gasteiger partial charge in [0.1, 0.15) is 0 Å². The Hall–Kier alpha value is -3.41. The molecule has 0 aliphatic heterocycles. The Morgan fingerprint density at radius 1 is 1.08 bits per heavy atom. The summed E-state index contributed by atoms with van der Waals surface area (Å²) in [6, 6.07) is 13.9. The molecule has 6 nitrogen and oxygen atoms in total. The number of hydrogen-bond acceptors (Lipinski definition) is 3. The molecule has 0 radical (unpaired) electrons. The highest BCUT2D eigenvalue weighted by Crippen LogP contribution is 2.19. The number of nitrogens with zero attached hydrogens (tertiary/aromatic N) is 1. The first-order valence-electron chi connectivity index (χ1n) is 8.07. The van der Waals surface area contributed by atoms with Crippen molar-refractivity contribution in [2.24, 2.45) is 7.05 Å². The molecule has 0 fully saturated rings. The van der Waals surface area contributed by atoms with E-state index in [0.29, 0.717) is 16.5 Å². The van der Waals surface area contributed by atoms with E-state index >= 15 is 0 Å². The number of para-hydroxylation sites is 1. The standard InChI is InChI=1S/C20H18N2O4/c1-12-7-9-13(10-8-12)18(20(25)26)21-19(24)15-11-17(23)22(2)16-6-4-3-5-14(15)16/h3-11,18H,1-2H3,(H,21,24)(H,25,26). The van der Waals surface area contributed by atoms with E-state index in [1.807, 2.05) is 6.92 Å². The van der Waals surface area contributed by atoms with Crippen molar-refractivity contribution >= 4 is 22.8 Å². The molecule has 26 heavy (non-hydrogen) atoms. The van der Waals surface area contributed by atoms with Crippen molar-refractivity contribution in [1.29, 1.82) is 0 Å². The molecule has 1 atom stereocenters. The Balaban J connectivity index is 2.02. The van der Waals surface area contributed by atoms with E-state index in [9.17, 15) is 19.5 Å². The Bertz CT molecular complexity index is 1050. The minimum absolute atomic E-state index is 0.155. The molecule has 0 aliphatic carbocycles. The Morgan fingerprint density at radius 2 is 1.73 bits per heavy atom. The number of aryl methyl sites for hydroxylation is 2. The van der Waals surface area contributed by atoms with Crippen LogP contribution < -0.4 is 10.9 Å². The maximum atomic E-state index is 12.8. The van der Waals surface area contributed by atoms with Crippen LogP contribution in [0.15, 0.2) is 59.4 Å². The Kier molecular flexibility index (Phi) is 4.58. The third kappa shape index (κ3) is 3.21. The molecule has 0 saturated carbocycles. The monoisotopic (exact) mass is 350 g/mol. The molecular formula is C20H18N2O4. The number of carboxylic acid groups (broad SMARTS) is 1. The highest BCUT2D eigenvalue weighted by atomic mass is 16.4. The first-order valence-corrected chi connectivity index (χ1v) is 8.07. The molecule has 2 aromatic carbocycles. The fraction of sp³-hybridized carbons (Fsp3) is 0.150. The number of amides is 1. The lowest BCUT2D eigenvalue weighted by Gasteiger charge is -2.16. The molecule has 6 heteroatoms. The summed E-state index contributed by atoms with van der Waals surface area (Å²) in [5.41, 5.74) is 1.87. The second kappa shape index (κ2) is 6.84.